The van der Waals surface area contributed by atoms with Crippen LogP contribution in [0.3, 0.4) is 0 Å². The fraction of sp³-hybridized carbons (Fsp3) is 0.312. The Morgan fingerprint density at radius 3 is 2.65 bits per heavy atom. The zero-order valence-electron chi connectivity index (χ0n) is 12.2. The van der Waals surface area contributed by atoms with E-state index in [-0.39, 0.29) is 0 Å². The molecule has 0 aliphatic heterocycles. The van der Waals surface area contributed by atoms with Gasteiger partial charge in [0.25, 0.3) is 0 Å². The molecule has 0 aliphatic rings. The monoisotopic (exact) mass is 333 g/mol. The van der Waals surface area contributed by atoms with E-state index in [0.717, 1.165) is 28.8 Å². The lowest BCUT2D eigenvalue weighted by Gasteiger charge is -2.21. The van der Waals surface area contributed by atoms with Crippen molar-refractivity contribution in [3.8, 4) is 0 Å². The molecule has 2 rings (SSSR count). The molecular weight excluding hydrogens is 314 g/mol. The number of nitrogens with zero attached hydrogens (tertiary/aromatic N) is 2. The zero-order valence-corrected chi connectivity index (χ0v) is 13.7. The topological polar surface area (TPSA) is 42.2 Å². The third-order valence-corrected chi connectivity index (χ3v) is 3.95. The summed E-state index contributed by atoms with van der Waals surface area (Å²) in [6.07, 6.45) is 2.70. The van der Waals surface area contributed by atoms with Gasteiger partial charge in [0.2, 0.25) is 0 Å². The maximum Gasteiger partial charge on any atom is 0.131 e. The van der Waals surface area contributed by atoms with Gasteiger partial charge in [0.1, 0.15) is 5.82 Å². The molecule has 106 valence electrons. The smallest absolute Gasteiger partial charge is 0.131 e. The Morgan fingerprint density at radius 1 is 1.20 bits per heavy atom. The van der Waals surface area contributed by atoms with E-state index in [1.54, 1.807) is 6.20 Å². The fourth-order valence-corrected chi connectivity index (χ4v) is 2.70. The second kappa shape index (κ2) is 6.27. The lowest BCUT2D eigenvalue weighted by atomic mass is 10.1. The summed E-state index contributed by atoms with van der Waals surface area (Å²) < 4.78 is 1.13. The van der Waals surface area contributed by atoms with E-state index in [4.69, 9.17) is 5.73 Å². The van der Waals surface area contributed by atoms with Crippen LogP contribution in [-0.4, -0.2) is 18.6 Å². The highest BCUT2D eigenvalue weighted by molar-refractivity contribution is 9.10. The van der Waals surface area contributed by atoms with Crippen LogP contribution in [0.2, 0.25) is 0 Å². The molecule has 1 aromatic heterocycles. The Balaban J connectivity index is 2.08. The van der Waals surface area contributed by atoms with Crippen molar-refractivity contribution in [1.29, 1.82) is 0 Å². The number of aromatic nitrogens is 1. The Labute approximate surface area is 129 Å². The summed E-state index contributed by atoms with van der Waals surface area (Å²) in [7, 11) is 2.07. The molecule has 0 amide bonds. The summed E-state index contributed by atoms with van der Waals surface area (Å²) in [5.41, 5.74) is 10.2. The molecule has 0 saturated heterocycles. The fourth-order valence-electron chi connectivity index (χ4n) is 2.29. The van der Waals surface area contributed by atoms with E-state index in [0.29, 0.717) is 5.69 Å². The molecule has 0 spiro atoms. The number of aryl methyl sites for hydroxylation is 2. The number of nitrogens with two attached hydrogens (primary N) is 1. The van der Waals surface area contributed by atoms with Crippen molar-refractivity contribution in [2.24, 2.45) is 0 Å². The van der Waals surface area contributed by atoms with Crippen molar-refractivity contribution in [2.75, 3.05) is 24.2 Å². The van der Waals surface area contributed by atoms with Crippen LogP contribution in [0.5, 0.6) is 0 Å². The lowest BCUT2D eigenvalue weighted by Crippen LogP contribution is -2.22. The van der Waals surface area contributed by atoms with Gasteiger partial charge in [0.05, 0.1) is 11.9 Å². The number of hydrogen-bond acceptors (Lipinski definition) is 3. The summed E-state index contributed by atoms with van der Waals surface area (Å²) in [6, 6.07) is 8.37. The molecule has 20 heavy (non-hydrogen) atoms. The van der Waals surface area contributed by atoms with Gasteiger partial charge in [-0.3, -0.25) is 0 Å². The Kier molecular flexibility index (Phi) is 4.65. The average Bonchev–Trinajstić information content (AvgIpc) is 2.39. The minimum absolute atomic E-state index is 0.711. The van der Waals surface area contributed by atoms with Crippen LogP contribution in [0.4, 0.5) is 11.5 Å². The Bertz CT molecular complexity index is 611. The van der Waals surface area contributed by atoms with Crippen molar-refractivity contribution in [1.82, 2.24) is 4.98 Å². The number of nitrogen functional groups attached to an aromatic ring is 1. The van der Waals surface area contributed by atoms with Gasteiger partial charge in [-0.15, -0.1) is 0 Å². The van der Waals surface area contributed by atoms with Crippen molar-refractivity contribution in [2.45, 2.75) is 20.3 Å². The largest absolute Gasteiger partial charge is 0.397 e. The van der Waals surface area contributed by atoms with Gasteiger partial charge in [0.15, 0.2) is 0 Å². The van der Waals surface area contributed by atoms with Gasteiger partial charge in [0, 0.05) is 18.1 Å². The first kappa shape index (κ1) is 14.9. The molecule has 0 bridgehead atoms. The quantitative estimate of drug-likeness (QED) is 0.927. The molecule has 1 aromatic carbocycles. The second-order valence-corrected chi connectivity index (χ2v) is 6.07. The highest BCUT2D eigenvalue weighted by Gasteiger charge is 2.08. The normalized spacial score (nSPS) is 10.6. The van der Waals surface area contributed by atoms with Gasteiger partial charge < -0.3 is 10.6 Å². The molecule has 0 radical (unpaired) electrons. The zero-order chi connectivity index (χ0) is 14.7. The molecule has 4 heteroatoms. The van der Waals surface area contributed by atoms with Crippen LogP contribution in [-0.2, 0) is 6.42 Å². The van der Waals surface area contributed by atoms with Gasteiger partial charge in [-0.1, -0.05) is 22.0 Å². The average molecular weight is 334 g/mol. The summed E-state index contributed by atoms with van der Waals surface area (Å²) in [4.78, 5) is 6.60. The summed E-state index contributed by atoms with van der Waals surface area (Å²) >= 11 is 3.53. The highest BCUT2D eigenvalue weighted by Crippen LogP contribution is 2.20. The van der Waals surface area contributed by atoms with E-state index < -0.39 is 0 Å². The van der Waals surface area contributed by atoms with Gasteiger partial charge in [-0.05, 0) is 55.2 Å². The second-order valence-electron chi connectivity index (χ2n) is 5.15. The first-order valence-electron chi connectivity index (χ1n) is 6.65. The first-order valence-corrected chi connectivity index (χ1v) is 7.45. The molecule has 0 saturated carbocycles. The van der Waals surface area contributed by atoms with E-state index in [9.17, 15) is 0 Å². The maximum absolute atomic E-state index is 5.74. The summed E-state index contributed by atoms with van der Waals surface area (Å²) in [5.74, 6) is 0.992. The number of likely N-dealkylation sites (N-methyl/N-ethyl adjacent to an activating group) is 1. The van der Waals surface area contributed by atoms with Gasteiger partial charge in [-0.25, -0.2) is 4.98 Å². The van der Waals surface area contributed by atoms with Gasteiger partial charge in [-0.2, -0.15) is 0 Å². The lowest BCUT2D eigenvalue weighted by molar-refractivity contribution is 0.851. The summed E-state index contributed by atoms with van der Waals surface area (Å²) in [5, 5.41) is 0. The predicted molar refractivity (Wildman–Crippen MR) is 89.2 cm³/mol. The molecule has 2 N–H and O–H groups in total. The first-order chi connectivity index (χ1) is 9.47. The number of hydrogen-bond donors (Lipinski definition) is 1. The van der Waals surface area contributed by atoms with Crippen LogP contribution in [0.25, 0.3) is 0 Å². The molecule has 0 aliphatic carbocycles. The number of benzene rings is 1. The molecule has 3 nitrogen and oxygen atoms in total. The molecule has 0 atom stereocenters. The summed E-state index contributed by atoms with van der Waals surface area (Å²) in [6.45, 7) is 5.11. The third kappa shape index (κ3) is 3.51. The van der Waals surface area contributed by atoms with Crippen LogP contribution in [0, 0.1) is 13.8 Å². The van der Waals surface area contributed by atoms with Crippen LogP contribution in [0.15, 0.2) is 34.9 Å². The predicted octanol–water partition coefficient (Wildman–Crippen LogP) is 3.72. The molecule has 0 unspecified atom stereocenters. The van der Waals surface area contributed by atoms with Crippen molar-refractivity contribution in [3.63, 3.8) is 0 Å². The van der Waals surface area contributed by atoms with E-state index >= 15 is 0 Å². The SMILES string of the molecule is Cc1ccc(Br)cc1CCN(C)c1ncc(N)cc1C. The third-order valence-electron chi connectivity index (χ3n) is 3.46. The van der Waals surface area contributed by atoms with E-state index in [1.165, 1.54) is 11.1 Å². The molecule has 0 fully saturated rings. The number of rotatable bonds is 4. The number of halogens is 1. The van der Waals surface area contributed by atoms with Gasteiger partial charge >= 0.3 is 0 Å². The van der Waals surface area contributed by atoms with E-state index in [2.05, 4.69) is 58.0 Å². The van der Waals surface area contributed by atoms with Crippen LogP contribution in [0.1, 0.15) is 16.7 Å². The van der Waals surface area contributed by atoms with E-state index in [1.807, 2.05) is 13.0 Å². The molecule has 2 aromatic rings. The maximum atomic E-state index is 5.74. The van der Waals surface area contributed by atoms with Crippen molar-refractivity contribution >= 4 is 27.4 Å². The molecule has 1 heterocycles. The Morgan fingerprint density at radius 2 is 1.95 bits per heavy atom. The van der Waals surface area contributed by atoms with Crippen LogP contribution >= 0.6 is 15.9 Å². The number of anilines is 2. The van der Waals surface area contributed by atoms with Crippen molar-refractivity contribution in [3.05, 3.63) is 51.6 Å². The molecular formula is C16H20BrN3. The minimum atomic E-state index is 0.711. The standard InChI is InChI=1S/C16H20BrN3/c1-11-4-5-14(17)9-13(11)6-7-20(3)16-12(2)8-15(18)10-19-16/h4-5,8-10H,6-7,18H2,1-3H3. The number of pyridine rings is 1. The van der Waals surface area contributed by atoms with Crippen LogP contribution < -0.4 is 10.6 Å². The van der Waals surface area contributed by atoms with Crippen molar-refractivity contribution < 1.29 is 0 Å². The highest BCUT2D eigenvalue weighted by atomic mass is 79.9. The minimum Gasteiger partial charge on any atom is -0.397 e. The Hall–Kier alpha value is -1.55.